The first-order valence-corrected chi connectivity index (χ1v) is 10.1. The number of nitrogens with two attached hydrogens (primary N) is 1. The maximum atomic E-state index is 9.65. The standard InChI is InChI=1S/C19H16IN7O2/c20-13-9-11(5-6-14(13)28)3-1-7-26-17-12(10-22-26)18-23-16(15-4-2-8-29-15)25-27(18)19(21)24-17/h2,4-6,8-10,28H,1,3,7H2,(H2,21,24). The van der Waals surface area contributed by atoms with Crippen LogP contribution in [0.1, 0.15) is 12.0 Å². The highest BCUT2D eigenvalue weighted by Gasteiger charge is 2.17. The zero-order valence-corrected chi connectivity index (χ0v) is 17.3. The molecule has 0 radical (unpaired) electrons. The molecule has 29 heavy (non-hydrogen) atoms. The molecule has 0 spiro atoms. The average molecular weight is 501 g/mol. The SMILES string of the molecule is Nc1nc2c(cnn2CCCc2ccc(O)c(I)c2)c2nc(-c3ccco3)nn12. The van der Waals surface area contributed by atoms with Gasteiger partial charge in [0.25, 0.3) is 0 Å². The van der Waals surface area contributed by atoms with Gasteiger partial charge >= 0.3 is 0 Å². The summed E-state index contributed by atoms with van der Waals surface area (Å²) in [6.45, 7) is 0.683. The van der Waals surface area contributed by atoms with Gasteiger partial charge in [-0.3, -0.25) is 0 Å². The van der Waals surface area contributed by atoms with Crippen LogP contribution in [-0.2, 0) is 13.0 Å². The number of benzene rings is 1. The summed E-state index contributed by atoms with van der Waals surface area (Å²) in [5, 5.41) is 19.3. The molecule has 0 saturated carbocycles. The molecule has 4 aromatic heterocycles. The van der Waals surface area contributed by atoms with Gasteiger partial charge in [-0.15, -0.1) is 5.10 Å². The van der Waals surface area contributed by atoms with Crippen LogP contribution in [0.15, 0.2) is 47.2 Å². The highest BCUT2D eigenvalue weighted by molar-refractivity contribution is 14.1. The number of furan rings is 1. The van der Waals surface area contributed by atoms with E-state index in [1.807, 2.05) is 16.8 Å². The van der Waals surface area contributed by atoms with E-state index in [1.165, 1.54) is 10.1 Å². The van der Waals surface area contributed by atoms with E-state index in [-0.39, 0.29) is 5.95 Å². The third kappa shape index (κ3) is 3.18. The molecule has 10 heteroatoms. The predicted octanol–water partition coefficient (Wildman–Crippen LogP) is 3.26. The molecule has 0 bridgehead atoms. The summed E-state index contributed by atoms with van der Waals surface area (Å²) in [6, 6.07) is 9.23. The van der Waals surface area contributed by atoms with Crippen LogP contribution >= 0.6 is 22.6 Å². The van der Waals surface area contributed by atoms with Gasteiger partial charge in [0.05, 0.1) is 21.4 Å². The molecule has 0 unspecified atom stereocenters. The fourth-order valence-electron chi connectivity index (χ4n) is 3.27. The van der Waals surface area contributed by atoms with Crippen molar-refractivity contribution in [1.82, 2.24) is 29.4 Å². The third-order valence-corrected chi connectivity index (χ3v) is 5.55. The zero-order chi connectivity index (χ0) is 20.0. The minimum absolute atomic E-state index is 0.243. The number of phenols is 1. The Bertz CT molecular complexity index is 1320. The van der Waals surface area contributed by atoms with Crippen LogP contribution in [0.3, 0.4) is 0 Å². The van der Waals surface area contributed by atoms with Crippen LogP contribution in [0.5, 0.6) is 5.75 Å². The second kappa shape index (κ2) is 7.03. The molecule has 4 heterocycles. The summed E-state index contributed by atoms with van der Waals surface area (Å²) in [5.74, 6) is 1.56. The van der Waals surface area contributed by atoms with Crippen molar-refractivity contribution in [1.29, 1.82) is 0 Å². The van der Waals surface area contributed by atoms with Crippen LogP contribution in [0.2, 0.25) is 0 Å². The van der Waals surface area contributed by atoms with Gasteiger partial charge in [-0.1, -0.05) is 6.07 Å². The predicted molar refractivity (Wildman–Crippen MR) is 115 cm³/mol. The third-order valence-electron chi connectivity index (χ3n) is 4.69. The van der Waals surface area contributed by atoms with Crippen LogP contribution in [0, 0.1) is 3.57 Å². The van der Waals surface area contributed by atoms with Crippen molar-refractivity contribution in [2.24, 2.45) is 0 Å². The van der Waals surface area contributed by atoms with Crippen LogP contribution in [0.4, 0.5) is 5.95 Å². The molecular formula is C19H16IN7O2. The van der Waals surface area contributed by atoms with Gasteiger partial charge in [-0.05, 0) is 65.3 Å². The molecule has 0 saturated heterocycles. The fourth-order valence-corrected chi connectivity index (χ4v) is 3.85. The fraction of sp³-hybridized carbons (Fsp3) is 0.158. The molecule has 5 aromatic rings. The molecule has 9 nitrogen and oxygen atoms in total. The van der Waals surface area contributed by atoms with Gasteiger partial charge in [0.15, 0.2) is 17.1 Å². The van der Waals surface area contributed by atoms with Crippen LogP contribution < -0.4 is 5.73 Å². The van der Waals surface area contributed by atoms with Crippen molar-refractivity contribution in [3.8, 4) is 17.3 Å². The summed E-state index contributed by atoms with van der Waals surface area (Å²) in [4.78, 5) is 9.05. The Morgan fingerprint density at radius 2 is 2.07 bits per heavy atom. The number of rotatable bonds is 5. The Morgan fingerprint density at radius 3 is 2.86 bits per heavy atom. The topological polar surface area (TPSA) is 120 Å². The van der Waals surface area contributed by atoms with E-state index >= 15 is 0 Å². The van der Waals surface area contributed by atoms with E-state index in [4.69, 9.17) is 10.2 Å². The summed E-state index contributed by atoms with van der Waals surface area (Å²) < 4.78 is 9.56. The summed E-state index contributed by atoms with van der Waals surface area (Å²) in [6.07, 6.45) is 5.05. The van der Waals surface area contributed by atoms with Crippen molar-refractivity contribution in [3.05, 3.63) is 51.9 Å². The van der Waals surface area contributed by atoms with Crippen molar-refractivity contribution in [3.63, 3.8) is 0 Å². The minimum Gasteiger partial charge on any atom is -0.507 e. The Labute approximate surface area is 178 Å². The number of phenolic OH excluding ortho intramolecular Hbond substituents is 1. The number of halogens is 1. The number of hydrogen-bond donors (Lipinski definition) is 2. The van der Waals surface area contributed by atoms with Crippen LogP contribution in [0.25, 0.3) is 28.3 Å². The molecule has 0 aliphatic carbocycles. The Balaban J connectivity index is 1.44. The second-order valence-electron chi connectivity index (χ2n) is 6.61. The zero-order valence-electron chi connectivity index (χ0n) is 15.2. The molecule has 0 atom stereocenters. The Morgan fingerprint density at radius 1 is 1.17 bits per heavy atom. The van der Waals surface area contributed by atoms with Gasteiger partial charge in [-0.25, -0.2) is 9.67 Å². The lowest BCUT2D eigenvalue weighted by molar-refractivity contribution is 0.471. The first kappa shape index (κ1) is 17.9. The van der Waals surface area contributed by atoms with Gasteiger partial charge in [0.1, 0.15) is 5.75 Å². The first-order valence-electron chi connectivity index (χ1n) is 8.99. The van der Waals surface area contributed by atoms with Gasteiger partial charge in [-0.2, -0.15) is 14.6 Å². The highest BCUT2D eigenvalue weighted by atomic mass is 127. The van der Waals surface area contributed by atoms with Gasteiger partial charge in [0, 0.05) is 6.54 Å². The number of aromatic nitrogens is 6. The molecule has 3 N–H and O–H groups in total. The molecule has 0 aliphatic heterocycles. The maximum absolute atomic E-state index is 9.65. The van der Waals surface area contributed by atoms with Crippen molar-refractivity contribution in [2.75, 3.05) is 5.73 Å². The molecule has 0 amide bonds. The van der Waals surface area contributed by atoms with E-state index in [1.54, 1.807) is 30.7 Å². The van der Waals surface area contributed by atoms with E-state index in [2.05, 4.69) is 42.8 Å². The van der Waals surface area contributed by atoms with Crippen molar-refractivity contribution >= 4 is 45.2 Å². The second-order valence-corrected chi connectivity index (χ2v) is 7.77. The molecule has 5 rings (SSSR count). The lowest BCUT2D eigenvalue weighted by Crippen LogP contribution is -2.06. The van der Waals surface area contributed by atoms with Crippen molar-refractivity contribution < 1.29 is 9.52 Å². The number of nitrogens with zero attached hydrogens (tertiary/aromatic N) is 6. The number of fused-ring (bicyclic) bond motifs is 3. The highest BCUT2D eigenvalue weighted by Crippen LogP contribution is 2.24. The molecular weight excluding hydrogens is 485 g/mol. The van der Waals surface area contributed by atoms with E-state index in [0.29, 0.717) is 35.2 Å². The quantitative estimate of drug-likeness (QED) is 0.355. The van der Waals surface area contributed by atoms with Crippen LogP contribution in [-0.4, -0.2) is 34.5 Å². The summed E-state index contributed by atoms with van der Waals surface area (Å²) in [7, 11) is 0. The van der Waals surface area contributed by atoms with E-state index in [9.17, 15) is 5.11 Å². The number of aromatic hydroxyl groups is 1. The number of hydrogen-bond acceptors (Lipinski definition) is 7. The lowest BCUT2D eigenvalue weighted by atomic mass is 10.1. The van der Waals surface area contributed by atoms with E-state index < -0.39 is 0 Å². The number of nitrogen functional groups attached to an aromatic ring is 1. The number of aryl methyl sites for hydroxylation is 2. The Kier molecular flexibility index (Phi) is 4.34. The lowest BCUT2D eigenvalue weighted by Gasteiger charge is -2.06. The monoisotopic (exact) mass is 501 g/mol. The van der Waals surface area contributed by atoms with Gasteiger partial charge < -0.3 is 15.3 Å². The normalized spacial score (nSPS) is 11.6. The smallest absolute Gasteiger partial charge is 0.225 e. The largest absolute Gasteiger partial charge is 0.507 e. The molecule has 0 aliphatic rings. The molecule has 1 aromatic carbocycles. The molecule has 146 valence electrons. The number of anilines is 1. The van der Waals surface area contributed by atoms with Gasteiger partial charge in [0.2, 0.25) is 11.8 Å². The van der Waals surface area contributed by atoms with E-state index in [0.717, 1.165) is 21.8 Å². The average Bonchev–Trinajstić information content (AvgIpc) is 3.44. The Hall–Kier alpha value is -3.15. The first-order chi connectivity index (χ1) is 14.1. The molecule has 0 fully saturated rings. The summed E-state index contributed by atoms with van der Waals surface area (Å²) in [5.41, 5.74) is 8.56. The summed E-state index contributed by atoms with van der Waals surface area (Å²) >= 11 is 2.13. The minimum atomic E-state index is 0.243. The maximum Gasteiger partial charge on any atom is 0.225 e. The van der Waals surface area contributed by atoms with Crippen molar-refractivity contribution in [2.45, 2.75) is 19.4 Å².